The van der Waals surface area contributed by atoms with Gasteiger partial charge in [-0.3, -0.25) is 0 Å². The molecule has 0 spiro atoms. The molecule has 2 aromatic carbocycles. The summed E-state index contributed by atoms with van der Waals surface area (Å²) in [4.78, 5) is 0. The minimum absolute atomic E-state index is 0.467. The van der Waals surface area contributed by atoms with Crippen LogP contribution in [0.4, 0.5) is 0 Å². The number of hydrogen-bond donors (Lipinski definition) is 2. The standard InChI is InChI=1S/C22H23N5O2S/c1-16(28)17-7-9-18(10-8-17)21-12-11-20(29-21)15-23-13-14-30-22-24-25-26-27(22)19-5-3-2-4-6-19/h2-12,16,23,28H,13-15H2,1H3. The summed E-state index contributed by atoms with van der Waals surface area (Å²) in [6.45, 7) is 3.20. The molecule has 0 bridgehead atoms. The van der Waals surface area contributed by atoms with Gasteiger partial charge in [-0.1, -0.05) is 54.2 Å². The lowest BCUT2D eigenvalue weighted by Gasteiger charge is -2.05. The molecule has 4 aromatic rings. The molecule has 2 aromatic heterocycles. The Hall–Kier alpha value is -2.94. The minimum atomic E-state index is -0.467. The van der Waals surface area contributed by atoms with Crippen LogP contribution >= 0.6 is 11.8 Å². The number of thioether (sulfide) groups is 1. The van der Waals surface area contributed by atoms with Crippen LogP contribution in [-0.4, -0.2) is 37.6 Å². The highest BCUT2D eigenvalue weighted by molar-refractivity contribution is 7.99. The fraction of sp³-hybridized carbons (Fsp3) is 0.227. The Morgan fingerprint density at radius 1 is 1.07 bits per heavy atom. The van der Waals surface area contributed by atoms with Gasteiger partial charge in [0.15, 0.2) is 0 Å². The van der Waals surface area contributed by atoms with E-state index in [4.69, 9.17) is 4.42 Å². The number of aromatic nitrogens is 4. The van der Waals surface area contributed by atoms with Gasteiger partial charge in [-0.25, -0.2) is 0 Å². The van der Waals surface area contributed by atoms with Crippen molar-refractivity contribution in [2.45, 2.75) is 24.7 Å². The summed E-state index contributed by atoms with van der Waals surface area (Å²) in [5, 5.41) is 25.7. The van der Waals surface area contributed by atoms with Crippen LogP contribution in [0.1, 0.15) is 24.4 Å². The number of tetrazole rings is 1. The van der Waals surface area contributed by atoms with E-state index in [1.165, 1.54) is 0 Å². The van der Waals surface area contributed by atoms with E-state index in [2.05, 4.69) is 20.8 Å². The van der Waals surface area contributed by atoms with Crippen molar-refractivity contribution in [2.24, 2.45) is 0 Å². The van der Waals surface area contributed by atoms with Crippen molar-refractivity contribution >= 4 is 11.8 Å². The first-order chi connectivity index (χ1) is 14.7. The molecule has 0 aliphatic rings. The van der Waals surface area contributed by atoms with Gasteiger partial charge in [-0.05, 0) is 47.2 Å². The molecule has 0 aliphatic carbocycles. The molecule has 0 saturated carbocycles. The molecule has 8 heteroatoms. The zero-order valence-corrected chi connectivity index (χ0v) is 17.4. The second-order valence-corrected chi connectivity index (χ2v) is 7.86. The maximum Gasteiger partial charge on any atom is 0.214 e. The molecule has 0 saturated heterocycles. The predicted molar refractivity (Wildman–Crippen MR) is 116 cm³/mol. The first-order valence-corrected chi connectivity index (χ1v) is 10.7. The molecule has 30 heavy (non-hydrogen) atoms. The lowest BCUT2D eigenvalue weighted by molar-refractivity contribution is 0.199. The molecule has 1 atom stereocenters. The Morgan fingerprint density at radius 2 is 1.87 bits per heavy atom. The summed E-state index contributed by atoms with van der Waals surface area (Å²) >= 11 is 1.60. The van der Waals surface area contributed by atoms with Gasteiger partial charge < -0.3 is 14.8 Å². The molecule has 0 radical (unpaired) electrons. The number of rotatable bonds is 9. The van der Waals surface area contributed by atoms with Crippen LogP contribution in [-0.2, 0) is 6.54 Å². The summed E-state index contributed by atoms with van der Waals surface area (Å²) < 4.78 is 7.67. The van der Waals surface area contributed by atoms with E-state index in [0.717, 1.165) is 45.8 Å². The van der Waals surface area contributed by atoms with E-state index >= 15 is 0 Å². The van der Waals surface area contributed by atoms with Crippen molar-refractivity contribution in [3.63, 3.8) is 0 Å². The van der Waals surface area contributed by atoms with Gasteiger partial charge in [0.05, 0.1) is 18.3 Å². The average Bonchev–Trinajstić information content (AvgIpc) is 3.44. The molecular weight excluding hydrogens is 398 g/mol. The fourth-order valence-corrected chi connectivity index (χ4v) is 3.77. The lowest BCUT2D eigenvalue weighted by atomic mass is 10.1. The normalized spacial score (nSPS) is 12.2. The molecule has 0 fully saturated rings. The van der Waals surface area contributed by atoms with E-state index < -0.39 is 6.10 Å². The van der Waals surface area contributed by atoms with Gasteiger partial charge in [0.2, 0.25) is 5.16 Å². The number of benzene rings is 2. The SMILES string of the molecule is CC(O)c1ccc(-c2ccc(CNCCSc3nnnn3-c3ccccc3)o2)cc1. The molecule has 1 unspecified atom stereocenters. The van der Waals surface area contributed by atoms with Gasteiger partial charge in [-0.15, -0.1) is 5.10 Å². The summed E-state index contributed by atoms with van der Waals surface area (Å²) in [6.07, 6.45) is -0.467. The first kappa shape index (κ1) is 20.3. The van der Waals surface area contributed by atoms with Crippen molar-refractivity contribution in [1.29, 1.82) is 0 Å². The molecule has 4 rings (SSSR count). The first-order valence-electron chi connectivity index (χ1n) is 9.75. The predicted octanol–water partition coefficient (Wildman–Crippen LogP) is 3.86. The average molecular weight is 422 g/mol. The van der Waals surface area contributed by atoms with Gasteiger partial charge in [0.1, 0.15) is 11.5 Å². The van der Waals surface area contributed by atoms with Crippen molar-refractivity contribution in [3.8, 4) is 17.0 Å². The number of aliphatic hydroxyl groups is 1. The van der Waals surface area contributed by atoms with Crippen LogP contribution in [0.5, 0.6) is 0 Å². The van der Waals surface area contributed by atoms with Crippen molar-refractivity contribution in [1.82, 2.24) is 25.5 Å². The van der Waals surface area contributed by atoms with Crippen molar-refractivity contribution < 1.29 is 9.52 Å². The zero-order valence-electron chi connectivity index (χ0n) is 16.6. The third-order valence-electron chi connectivity index (χ3n) is 4.59. The largest absolute Gasteiger partial charge is 0.460 e. The smallest absolute Gasteiger partial charge is 0.214 e. The van der Waals surface area contributed by atoms with Crippen molar-refractivity contribution in [2.75, 3.05) is 12.3 Å². The summed E-state index contributed by atoms with van der Waals surface area (Å²) in [6, 6.07) is 21.6. The Kier molecular flexibility index (Phi) is 6.58. The maximum atomic E-state index is 9.62. The monoisotopic (exact) mass is 421 g/mol. The number of nitrogens with zero attached hydrogens (tertiary/aromatic N) is 4. The highest BCUT2D eigenvalue weighted by Crippen LogP contribution is 2.24. The van der Waals surface area contributed by atoms with E-state index in [-0.39, 0.29) is 0 Å². The van der Waals surface area contributed by atoms with Crippen LogP contribution in [0.3, 0.4) is 0 Å². The van der Waals surface area contributed by atoms with Crippen LogP contribution < -0.4 is 5.32 Å². The highest BCUT2D eigenvalue weighted by atomic mass is 32.2. The molecule has 154 valence electrons. The number of aliphatic hydroxyl groups excluding tert-OH is 1. The number of furan rings is 1. The molecule has 0 amide bonds. The zero-order chi connectivity index (χ0) is 20.8. The van der Waals surface area contributed by atoms with E-state index in [1.807, 2.05) is 66.7 Å². The number of para-hydroxylation sites is 1. The summed E-state index contributed by atoms with van der Waals surface area (Å²) in [7, 11) is 0. The topological polar surface area (TPSA) is 89.0 Å². The Labute approximate surface area is 179 Å². The van der Waals surface area contributed by atoms with Crippen LogP contribution in [0.2, 0.25) is 0 Å². The van der Waals surface area contributed by atoms with Gasteiger partial charge >= 0.3 is 0 Å². The third kappa shape index (κ3) is 4.96. The van der Waals surface area contributed by atoms with E-state index in [1.54, 1.807) is 23.4 Å². The van der Waals surface area contributed by atoms with Crippen LogP contribution in [0.15, 0.2) is 76.3 Å². The fourth-order valence-electron chi connectivity index (χ4n) is 2.98. The van der Waals surface area contributed by atoms with Crippen molar-refractivity contribution in [3.05, 3.63) is 78.1 Å². The molecule has 0 aliphatic heterocycles. The van der Waals surface area contributed by atoms with Crippen LogP contribution in [0, 0.1) is 0 Å². The molecule has 2 heterocycles. The highest BCUT2D eigenvalue weighted by Gasteiger charge is 2.09. The van der Waals surface area contributed by atoms with E-state index in [0.29, 0.717) is 6.54 Å². The summed E-state index contributed by atoms with van der Waals surface area (Å²) in [5.74, 6) is 2.53. The molecule has 2 N–H and O–H groups in total. The van der Waals surface area contributed by atoms with Crippen LogP contribution in [0.25, 0.3) is 17.0 Å². The Morgan fingerprint density at radius 3 is 2.63 bits per heavy atom. The van der Waals surface area contributed by atoms with Gasteiger partial charge in [0.25, 0.3) is 0 Å². The van der Waals surface area contributed by atoms with Gasteiger partial charge in [0, 0.05) is 17.9 Å². The number of nitrogens with one attached hydrogen (secondary N) is 1. The minimum Gasteiger partial charge on any atom is -0.460 e. The molecular formula is C22H23N5O2S. The Balaban J connectivity index is 1.25. The van der Waals surface area contributed by atoms with Gasteiger partial charge in [-0.2, -0.15) is 4.68 Å². The number of hydrogen-bond acceptors (Lipinski definition) is 7. The third-order valence-corrected chi connectivity index (χ3v) is 5.51. The van der Waals surface area contributed by atoms with E-state index in [9.17, 15) is 5.11 Å². The molecule has 7 nitrogen and oxygen atoms in total. The quantitative estimate of drug-likeness (QED) is 0.313. The Bertz CT molecular complexity index is 1060. The lowest BCUT2D eigenvalue weighted by Crippen LogP contribution is -2.16. The second kappa shape index (κ2) is 9.71. The summed E-state index contributed by atoms with van der Waals surface area (Å²) in [5.41, 5.74) is 2.83. The maximum absolute atomic E-state index is 9.62. The second-order valence-electron chi connectivity index (χ2n) is 6.80.